The van der Waals surface area contributed by atoms with Crippen LogP contribution in [-0.4, -0.2) is 61.1 Å². The van der Waals surface area contributed by atoms with E-state index in [9.17, 15) is 9.59 Å². The summed E-state index contributed by atoms with van der Waals surface area (Å²) >= 11 is 1.39. The van der Waals surface area contributed by atoms with E-state index in [0.29, 0.717) is 17.8 Å². The van der Waals surface area contributed by atoms with Crippen LogP contribution in [0, 0.1) is 0 Å². The van der Waals surface area contributed by atoms with Gasteiger partial charge in [-0.05, 0) is 12.1 Å². The van der Waals surface area contributed by atoms with Gasteiger partial charge < -0.3 is 15.8 Å². The molecule has 2 aromatic rings. The second-order valence-corrected chi connectivity index (χ2v) is 6.55. The van der Waals surface area contributed by atoms with Crippen molar-refractivity contribution < 1.29 is 14.3 Å². The number of benzene rings is 1. The molecule has 132 valence electrons. The van der Waals surface area contributed by atoms with Gasteiger partial charge in [-0.2, -0.15) is 0 Å². The van der Waals surface area contributed by atoms with Crippen LogP contribution in [0.15, 0.2) is 29.6 Å². The van der Waals surface area contributed by atoms with Crippen LogP contribution in [0.3, 0.4) is 0 Å². The first-order valence-corrected chi connectivity index (χ1v) is 8.95. The number of primary amides is 1. The summed E-state index contributed by atoms with van der Waals surface area (Å²) in [4.78, 5) is 29.9. The molecule has 0 spiro atoms. The third kappa shape index (κ3) is 4.62. The third-order valence-electron chi connectivity index (χ3n) is 3.97. The number of aromatic nitrogens is 1. The molecule has 7 nitrogen and oxygen atoms in total. The maximum absolute atomic E-state index is 12.2. The Labute approximate surface area is 149 Å². The van der Waals surface area contributed by atoms with Gasteiger partial charge in [-0.1, -0.05) is 12.1 Å². The molecular weight excluding hydrogens is 340 g/mol. The Morgan fingerprint density at radius 1 is 1.24 bits per heavy atom. The Hall–Kier alpha value is -2.29. The van der Waals surface area contributed by atoms with E-state index in [-0.39, 0.29) is 5.91 Å². The second-order valence-electron chi connectivity index (χ2n) is 5.69. The molecule has 1 aliphatic rings. The van der Waals surface area contributed by atoms with Crippen LogP contribution in [0.4, 0.5) is 0 Å². The van der Waals surface area contributed by atoms with E-state index in [4.69, 9.17) is 10.5 Å². The van der Waals surface area contributed by atoms with Crippen molar-refractivity contribution >= 4 is 23.2 Å². The summed E-state index contributed by atoms with van der Waals surface area (Å²) in [5, 5.41) is 5.37. The predicted molar refractivity (Wildman–Crippen MR) is 95.7 cm³/mol. The summed E-state index contributed by atoms with van der Waals surface area (Å²) in [7, 11) is 0. The normalized spacial score (nSPS) is 15.0. The SMILES string of the molecule is NC(=O)c1ccc(-c2nc(C(=O)NCCN3CCOCC3)cs2)cc1. The number of thiazole rings is 1. The molecule has 0 radical (unpaired) electrons. The standard InChI is InChI=1S/C17H20N4O3S/c18-15(22)12-1-3-13(4-2-12)17-20-14(11-25-17)16(23)19-5-6-21-7-9-24-10-8-21/h1-4,11H,5-10H2,(H2,18,22)(H,19,23). The Bertz CT molecular complexity index is 739. The van der Waals surface area contributed by atoms with Crippen LogP contribution >= 0.6 is 11.3 Å². The molecule has 0 unspecified atom stereocenters. The number of carbonyl (C=O) groups is 2. The smallest absolute Gasteiger partial charge is 0.270 e. The molecule has 8 heteroatoms. The zero-order chi connectivity index (χ0) is 17.6. The third-order valence-corrected chi connectivity index (χ3v) is 4.86. The average Bonchev–Trinajstić information content (AvgIpc) is 3.13. The van der Waals surface area contributed by atoms with Crippen molar-refractivity contribution in [3.8, 4) is 10.6 Å². The Balaban J connectivity index is 1.54. The van der Waals surface area contributed by atoms with Crippen LogP contribution in [0.25, 0.3) is 10.6 Å². The molecule has 1 aromatic carbocycles. The summed E-state index contributed by atoms with van der Waals surface area (Å²) in [5.41, 5.74) is 6.93. The lowest BCUT2D eigenvalue weighted by Crippen LogP contribution is -2.41. The van der Waals surface area contributed by atoms with Crippen LogP contribution in [0.5, 0.6) is 0 Å². The Morgan fingerprint density at radius 3 is 2.64 bits per heavy atom. The minimum Gasteiger partial charge on any atom is -0.379 e. The summed E-state index contributed by atoms with van der Waals surface area (Å²) in [6.07, 6.45) is 0. The topological polar surface area (TPSA) is 97.6 Å². The van der Waals surface area contributed by atoms with Gasteiger partial charge in [0.25, 0.3) is 5.91 Å². The molecule has 2 heterocycles. The molecule has 0 aliphatic carbocycles. The maximum atomic E-state index is 12.2. The summed E-state index contributed by atoms with van der Waals surface area (Å²) < 4.78 is 5.30. The van der Waals surface area contributed by atoms with Gasteiger partial charge in [0.05, 0.1) is 13.2 Å². The van der Waals surface area contributed by atoms with E-state index in [1.807, 2.05) is 0 Å². The number of ether oxygens (including phenoxy) is 1. The summed E-state index contributed by atoms with van der Waals surface area (Å²) in [6.45, 7) is 4.69. The van der Waals surface area contributed by atoms with Gasteiger partial charge >= 0.3 is 0 Å². The van der Waals surface area contributed by atoms with Crippen molar-refractivity contribution in [1.82, 2.24) is 15.2 Å². The monoisotopic (exact) mass is 360 g/mol. The molecule has 3 rings (SSSR count). The zero-order valence-electron chi connectivity index (χ0n) is 13.7. The first-order chi connectivity index (χ1) is 12.1. The van der Waals surface area contributed by atoms with Gasteiger partial charge in [0.15, 0.2) is 0 Å². The molecule has 1 aliphatic heterocycles. The number of morpholine rings is 1. The van der Waals surface area contributed by atoms with E-state index in [1.54, 1.807) is 29.6 Å². The molecule has 1 fully saturated rings. The number of rotatable bonds is 6. The van der Waals surface area contributed by atoms with E-state index in [0.717, 1.165) is 43.4 Å². The molecule has 0 saturated carbocycles. The summed E-state index contributed by atoms with van der Waals surface area (Å²) in [6, 6.07) is 6.86. The van der Waals surface area contributed by atoms with Gasteiger partial charge in [-0.25, -0.2) is 4.98 Å². The molecule has 2 amide bonds. The van der Waals surface area contributed by atoms with Gasteiger partial charge in [-0.15, -0.1) is 11.3 Å². The van der Waals surface area contributed by atoms with Gasteiger partial charge in [0, 0.05) is 42.7 Å². The first-order valence-electron chi connectivity index (χ1n) is 8.07. The molecule has 3 N–H and O–H groups in total. The molecule has 0 bridgehead atoms. The Morgan fingerprint density at radius 2 is 1.96 bits per heavy atom. The highest BCUT2D eigenvalue weighted by Gasteiger charge is 2.14. The predicted octanol–water partition coefficient (Wildman–Crippen LogP) is 0.971. The molecule has 25 heavy (non-hydrogen) atoms. The fraction of sp³-hybridized carbons (Fsp3) is 0.353. The highest BCUT2D eigenvalue weighted by molar-refractivity contribution is 7.13. The number of hydrogen-bond acceptors (Lipinski definition) is 6. The first kappa shape index (κ1) is 17.5. The number of nitrogens with one attached hydrogen (secondary N) is 1. The van der Waals surface area contributed by atoms with Gasteiger partial charge in [0.1, 0.15) is 10.7 Å². The van der Waals surface area contributed by atoms with E-state index in [2.05, 4.69) is 15.2 Å². The Kier molecular flexibility index (Phi) is 5.75. The fourth-order valence-corrected chi connectivity index (χ4v) is 3.34. The van der Waals surface area contributed by atoms with E-state index >= 15 is 0 Å². The van der Waals surface area contributed by atoms with Crippen molar-refractivity contribution in [2.24, 2.45) is 5.73 Å². The number of carbonyl (C=O) groups excluding carboxylic acids is 2. The lowest BCUT2D eigenvalue weighted by Gasteiger charge is -2.26. The zero-order valence-corrected chi connectivity index (χ0v) is 14.6. The highest BCUT2D eigenvalue weighted by Crippen LogP contribution is 2.24. The van der Waals surface area contributed by atoms with Crippen molar-refractivity contribution in [2.45, 2.75) is 0 Å². The number of hydrogen-bond donors (Lipinski definition) is 2. The van der Waals surface area contributed by atoms with Gasteiger partial charge in [0.2, 0.25) is 5.91 Å². The van der Waals surface area contributed by atoms with Crippen molar-refractivity contribution in [3.05, 3.63) is 40.9 Å². The molecule has 0 atom stereocenters. The lowest BCUT2D eigenvalue weighted by atomic mass is 10.1. The van der Waals surface area contributed by atoms with Crippen molar-refractivity contribution in [1.29, 1.82) is 0 Å². The van der Waals surface area contributed by atoms with E-state index in [1.165, 1.54) is 11.3 Å². The van der Waals surface area contributed by atoms with E-state index < -0.39 is 5.91 Å². The molecule has 1 saturated heterocycles. The number of nitrogens with two attached hydrogens (primary N) is 1. The molecular formula is C17H20N4O3S. The minimum absolute atomic E-state index is 0.176. The quantitative estimate of drug-likeness (QED) is 0.800. The van der Waals surface area contributed by atoms with Crippen LogP contribution in [-0.2, 0) is 4.74 Å². The fourth-order valence-electron chi connectivity index (χ4n) is 2.53. The maximum Gasteiger partial charge on any atom is 0.270 e. The lowest BCUT2D eigenvalue weighted by molar-refractivity contribution is 0.0383. The highest BCUT2D eigenvalue weighted by atomic mass is 32.1. The van der Waals surface area contributed by atoms with Crippen LogP contribution in [0.2, 0.25) is 0 Å². The second kappa shape index (κ2) is 8.19. The average molecular weight is 360 g/mol. The van der Waals surface area contributed by atoms with Crippen LogP contribution < -0.4 is 11.1 Å². The summed E-state index contributed by atoms with van der Waals surface area (Å²) in [5.74, 6) is -0.643. The largest absolute Gasteiger partial charge is 0.379 e. The van der Waals surface area contributed by atoms with Crippen LogP contribution in [0.1, 0.15) is 20.8 Å². The number of nitrogens with zero attached hydrogens (tertiary/aromatic N) is 2. The minimum atomic E-state index is -0.467. The van der Waals surface area contributed by atoms with Crippen molar-refractivity contribution in [3.63, 3.8) is 0 Å². The molecule has 1 aromatic heterocycles. The van der Waals surface area contributed by atoms with Crippen molar-refractivity contribution in [2.75, 3.05) is 39.4 Å². The van der Waals surface area contributed by atoms with Gasteiger partial charge in [-0.3, -0.25) is 14.5 Å². The number of amides is 2.